The van der Waals surface area contributed by atoms with Gasteiger partial charge < -0.3 is 15.4 Å². The lowest BCUT2D eigenvalue weighted by Crippen LogP contribution is -2.63. The molecule has 4 saturated carbocycles. The quantitative estimate of drug-likeness (QED) is 0.303. The molecule has 39 heavy (non-hydrogen) atoms. The third-order valence-electron chi connectivity index (χ3n) is 13.2. The van der Waals surface area contributed by atoms with Crippen molar-refractivity contribution in [2.75, 3.05) is 27.2 Å². The first-order valence-electron chi connectivity index (χ1n) is 16.1. The fraction of sp³-hybridized carbons (Fsp3) is 0.743. The maximum absolute atomic E-state index is 12.0. The molecule has 0 bridgehead atoms. The molecule has 0 spiro atoms. The topological polar surface area (TPSA) is 50.4 Å². The Hall–Kier alpha value is -1.65. The molecule has 0 heterocycles. The highest BCUT2D eigenvalue weighted by molar-refractivity contribution is 5.89. The van der Waals surface area contributed by atoms with Gasteiger partial charge in [0, 0.05) is 18.6 Å². The largest absolute Gasteiger partial charge is 0.465 e. The molecular weight excluding hydrogens is 480 g/mol. The Balaban J connectivity index is 1.23. The Bertz CT molecular complexity index is 1100. The molecule has 4 nitrogen and oxygen atoms in total. The standard InChI is InChI=1S/C35H52N2O2/c1-23-26(24-8-10-25(11-9-24)32(38)39-5)14-18-33(2)28(23)15-19-34(3)29-16-20-35(37-22-21-36-4)17-6-7-30(35)27(29)12-13-31(33)34/h8-11,14,23,27-31,36-37H,6-7,12-13,15-22H2,1-5H3/t23?,27?,28?,29?,30-,31?,33?,34?,35+/m1/s1. The highest BCUT2D eigenvalue weighted by Crippen LogP contribution is 2.70. The van der Waals surface area contributed by atoms with E-state index in [4.69, 9.17) is 4.74 Å². The molecule has 0 saturated heterocycles. The van der Waals surface area contributed by atoms with Crippen LogP contribution in [0.25, 0.3) is 5.57 Å². The molecule has 5 aliphatic carbocycles. The van der Waals surface area contributed by atoms with E-state index in [1.807, 2.05) is 12.1 Å². The van der Waals surface area contributed by atoms with E-state index in [9.17, 15) is 4.79 Å². The Labute approximate surface area is 237 Å². The zero-order chi connectivity index (χ0) is 27.4. The van der Waals surface area contributed by atoms with Crippen LogP contribution in [0.3, 0.4) is 0 Å². The molecule has 5 aliphatic rings. The number of allylic oxidation sites excluding steroid dienone is 2. The Morgan fingerprint density at radius 1 is 0.923 bits per heavy atom. The summed E-state index contributed by atoms with van der Waals surface area (Å²) in [5.74, 6) is 4.59. The van der Waals surface area contributed by atoms with Gasteiger partial charge in [-0.3, -0.25) is 0 Å². The molecule has 1 aromatic rings. The van der Waals surface area contributed by atoms with E-state index in [1.165, 1.54) is 82.5 Å². The summed E-state index contributed by atoms with van der Waals surface area (Å²) in [6.45, 7) is 10.1. The summed E-state index contributed by atoms with van der Waals surface area (Å²) in [6.07, 6.45) is 16.5. The van der Waals surface area contributed by atoms with Crippen molar-refractivity contribution in [2.24, 2.45) is 46.3 Å². The zero-order valence-corrected chi connectivity index (χ0v) is 25.2. The molecule has 6 rings (SSSR count). The number of fused-ring (bicyclic) bond motifs is 7. The van der Waals surface area contributed by atoms with Crippen LogP contribution in [0.5, 0.6) is 0 Å². The fourth-order valence-electron chi connectivity index (χ4n) is 11.5. The van der Waals surface area contributed by atoms with Crippen molar-refractivity contribution in [3.8, 4) is 0 Å². The van der Waals surface area contributed by atoms with Crippen LogP contribution in [0.1, 0.15) is 101 Å². The molecule has 0 amide bonds. The van der Waals surface area contributed by atoms with Crippen molar-refractivity contribution in [3.63, 3.8) is 0 Å². The van der Waals surface area contributed by atoms with Gasteiger partial charge in [-0.15, -0.1) is 0 Å². The number of ether oxygens (including phenoxy) is 1. The highest BCUT2D eigenvalue weighted by Gasteiger charge is 2.64. The van der Waals surface area contributed by atoms with Crippen LogP contribution in [-0.4, -0.2) is 38.8 Å². The Morgan fingerprint density at radius 3 is 2.44 bits per heavy atom. The number of hydrogen-bond acceptors (Lipinski definition) is 4. The van der Waals surface area contributed by atoms with Crippen LogP contribution in [-0.2, 0) is 4.74 Å². The first-order chi connectivity index (χ1) is 18.8. The van der Waals surface area contributed by atoms with E-state index in [0.717, 1.165) is 42.7 Å². The average Bonchev–Trinajstić information content (AvgIpc) is 3.37. The lowest BCUT2D eigenvalue weighted by Gasteiger charge is -2.67. The van der Waals surface area contributed by atoms with Crippen LogP contribution in [0.4, 0.5) is 0 Å². The predicted molar refractivity (Wildman–Crippen MR) is 159 cm³/mol. The lowest BCUT2D eigenvalue weighted by molar-refractivity contribution is -0.164. The monoisotopic (exact) mass is 532 g/mol. The zero-order valence-electron chi connectivity index (χ0n) is 25.2. The summed E-state index contributed by atoms with van der Waals surface area (Å²) in [6, 6.07) is 8.13. The molecule has 2 N–H and O–H groups in total. The van der Waals surface area contributed by atoms with Gasteiger partial charge in [-0.25, -0.2) is 4.79 Å². The first-order valence-corrected chi connectivity index (χ1v) is 16.1. The van der Waals surface area contributed by atoms with Gasteiger partial charge in [0.05, 0.1) is 12.7 Å². The molecule has 4 fully saturated rings. The lowest BCUT2D eigenvalue weighted by atomic mass is 9.38. The fourth-order valence-corrected chi connectivity index (χ4v) is 11.5. The second-order valence-corrected chi connectivity index (χ2v) is 14.5. The number of methoxy groups -OCH3 is 1. The van der Waals surface area contributed by atoms with Crippen LogP contribution in [0, 0.1) is 46.3 Å². The summed E-state index contributed by atoms with van der Waals surface area (Å²) in [7, 11) is 3.53. The molecule has 9 atom stereocenters. The van der Waals surface area contributed by atoms with E-state index in [1.54, 1.807) is 0 Å². The number of rotatable bonds is 6. The summed E-state index contributed by atoms with van der Waals surface area (Å²) in [4.78, 5) is 12.0. The van der Waals surface area contributed by atoms with Crippen LogP contribution in [0.2, 0.25) is 0 Å². The van der Waals surface area contributed by atoms with E-state index >= 15 is 0 Å². The van der Waals surface area contributed by atoms with Gasteiger partial charge >= 0.3 is 5.97 Å². The third-order valence-corrected chi connectivity index (χ3v) is 13.2. The first kappa shape index (κ1) is 27.5. The summed E-state index contributed by atoms with van der Waals surface area (Å²) in [5, 5.41) is 7.47. The predicted octanol–water partition coefficient (Wildman–Crippen LogP) is 7.10. The SMILES string of the molecule is CNCCN[C@]12CCC[C@@H]1C1CCC3C4(C)CC=C(c5ccc(C(=O)OC)cc5)C(C)C4CCC3(C)C1CC2. The number of nitrogens with one attached hydrogen (secondary N) is 2. The second-order valence-electron chi connectivity index (χ2n) is 14.5. The molecule has 0 aliphatic heterocycles. The maximum atomic E-state index is 12.0. The number of likely N-dealkylation sites (N-methyl/N-ethyl adjacent to an activating group) is 1. The van der Waals surface area contributed by atoms with Gasteiger partial charge in [-0.2, -0.15) is 0 Å². The van der Waals surface area contributed by atoms with E-state index in [0.29, 0.717) is 27.9 Å². The molecular formula is C35H52N2O2. The van der Waals surface area contributed by atoms with Crippen molar-refractivity contribution < 1.29 is 9.53 Å². The van der Waals surface area contributed by atoms with Gasteiger partial charge in [-0.05, 0) is 134 Å². The second kappa shape index (κ2) is 10.3. The average molecular weight is 533 g/mol. The summed E-state index contributed by atoms with van der Waals surface area (Å²) in [5.41, 5.74) is 4.71. The minimum Gasteiger partial charge on any atom is -0.465 e. The van der Waals surface area contributed by atoms with Gasteiger partial charge in [0.25, 0.3) is 0 Å². The van der Waals surface area contributed by atoms with Gasteiger partial charge in [0.1, 0.15) is 0 Å². The minimum atomic E-state index is -0.256. The van der Waals surface area contributed by atoms with Crippen molar-refractivity contribution in [3.05, 3.63) is 41.5 Å². The maximum Gasteiger partial charge on any atom is 0.337 e. The number of hydrogen-bond donors (Lipinski definition) is 2. The number of benzene rings is 1. The smallest absolute Gasteiger partial charge is 0.337 e. The molecule has 7 unspecified atom stereocenters. The Kier molecular flexibility index (Phi) is 7.28. The van der Waals surface area contributed by atoms with Crippen LogP contribution >= 0.6 is 0 Å². The van der Waals surface area contributed by atoms with Crippen LogP contribution in [0.15, 0.2) is 30.3 Å². The van der Waals surface area contributed by atoms with Gasteiger partial charge in [0.2, 0.25) is 0 Å². The Morgan fingerprint density at radius 2 is 1.69 bits per heavy atom. The highest BCUT2D eigenvalue weighted by atomic mass is 16.5. The molecule has 0 radical (unpaired) electrons. The van der Waals surface area contributed by atoms with E-state index in [2.05, 4.69) is 56.7 Å². The normalized spacial score (nSPS) is 42.9. The number of carbonyl (C=O) groups is 1. The van der Waals surface area contributed by atoms with Gasteiger partial charge in [0.15, 0.2) is 0 Å². The molecule has 214 valence electrons. The van der Waals surface area contributed by atoms with Crippen LogP contribution < -0.4 is 10.6 Å². The summed E-state index contributed by atoms with van der Waals surface area (Å²) >= 11 is 0. The van der Waals surface area contributed by atoms with Crippen molar-refractivity contribution >= 4 is 11.5 Å². The van der Waals surface area contributed by atoms with Crippen molar-refractivity contribution in [2.45, 2.75) is 90.5 Å². The summed E-state index contributed by atoms with van der Waals surface area (Å²) < 4.78 is 4.91. The van der Waals surface area contributed by atoms with E-state index in [-0.39, 0.29) is 5.97 Å². The van der Waals surface area contributed by atoms with E-state index < -0.39 is 0 Å². The van der Waals surface area contributed by atoms with Gasteiger partial charge in [-0.1, -0.05) is 45.4 Å². The van der Waals surface area contributed by atoms with Crippen molar-refractivity contribution in [1.29, 1.82) is 0 Å². The van der Waals surface area contributed by atoms with Crippen molar-refractivity contribution in [1.82, 2.24) is 10.6 Å². The molecule has 4 heteroatoms. The minimum absolute atomic E-state index is 0.256. The molecule has 0 aromatic heterocycles. The number of carbonyl (C=O) groups excluding carboxylic acids is 1. The third kappa shape index (κ3) is 4.26. The molecule has 1 aromatic carbocycles. The number of esters is 1.